The second-order valence-electron chi connectivity index (χ2n) is 3.65. The molecule has 0 spiro atoms. The first-order chi connectivity index (χ1) is 7.54. The maximum absolute atomic E-state index is 12.1. The van der Waals surface area contributed by atoms with E-state index in [-0.39, 0.29) is 10.9 Å². The molecule has 2 rings (SSSR count). The summed E-state index contributed by atoms with van der Waals surface area (Å²) >= 11 is 3.21. The quantitative estimate of drug-likeness (QED) is 0.880. The number of sulfonamides is 1. The lowest BCUT2D eigenvalue weighted by molar-refractivity contribution is 0.237. The van der Waals surface area contributed by atoms with Crippen LogP contribution < -0.4 is 5.32 Å². The predicted octanol–water partition coefficient (Wildman–Crippen LogP) is 0.436. The topological polar surface area (TPSA) is 62.3 Å². The number of aromatic nitrogens is 1. The summed E-state index contributed by atoms with van der Waals surface area (Å²) in [6.07, 6.45) is 2.93. The lowest BCUT2D eigenvalue weighted by Gasteiger charge is -2.37. The van der Waals surface area contributed by atoms with E-state index in [9.17, 15) is 8.42 Å². The van der Waals surface area contributed by atoms with Crippen LogP contribution in [-0.4, -0.2) is 43.9 Å². The highest BCUT2D eigenvalue weighted by molar-refractivity contribution is 9.10. The molecule has 0 amide bonds. The minimum Gasteiger partial charge on any atom is -0.314 e. The average molecular weight is 306 g/mol. The second-order valence-corrected chi connectivity index (χ2v) is 6.50. The van der Waals surface area contributed by atoms with E-state index in [2.05, 4.69) is 26.2 Å². The van der Waals surface area contributed by atoms with E-state index < -0.39 is 10.0 Å². The van der Waals surface area contributed by atoms with Gasteiger partial charge in [-0.2, -0.15) is 4.31 Å². The van der Waals surface area contributed by atoms with Crippen molar-refractivity contribution in [3.8, 4) is 0 Å². The Morgan fingerprint density at radius 3 is 2.75 bits per heavy atom. The van der Waals surface area contributed by atoms with Crippen LogP contribution >= 0.6 is 15.9 Å². The number of pyridine rings is 1. The Labute approximate surface area is 103 Å². The first-order valence-electron chi connectivity index (χ1n) is 4.82. The van der Waals surface area contributed by atoms with Gasteiger partial charge < -0.3 is 5.32 Å². The van der Waals surface area contributed by atoms with Gasteiger partial charge in [0.25, 0.3) is 0 Å². The minimum absolute atomic E-state index is 0.233. The SMILES string of the molecule is CNC1CN(S(=O)(=O)c2cncc(Br)c2)C1. The van der Waals surface area contributed by atoms with Crippen LogP contribution in [0.25, 0.3) is 0 Å². The highest BCUT2D eigenvalue weighted by atomic mass is 79.9. The molecule has 1 N–H and O–H groups in total. The Bertz CT molecular complexity index is 485. The van der Waals surface area contributed by atoms with E-state index in [1.165, 1.54) is 10.5 Å². The molecular formula is C9H12BrN3O2S. The molecule has 1 aliphatic heterocycles. The lowest BCUT2D eigenvalue weighted by Crippen LogP contribution is -2.58. The predicted molar refractivity (Wildman–Crippen MR) is 63.5 cm³/mol. The summed E-state index contributed by atoms with van der Waals surface area (Å²) in [5.74, 6) is 0. The zero-order valence-corrected chi connectivity index (χ0v) is 11.1. The molecule has 0 unspecified atom stereocenters. The number of hydrogen-bond acceptors (Lipinski definition) is 4. The smallest absolute Gasteiger partial charge is 0.244 e. The van der Waals surface area contributed by atoms with E-state index in [0.717, 1.165) is 0 Å². The zero-order valence-electron chi connectivity index (χ0n) is 8.72. The van der Waals surface area contributed by atoms with E-state index in [1.54, 1.807) is 12.3 Å². The largest absolute Gasteiger partial charge is 0.314 e. The van der Waals surface area contributed by atoms with Gasteiger partial charge in [-0.15, -0.1) is 0 Å². The van der Waals surface area contributed by atoms with Gasteiger partial charge in [-0.3, -0.25) is 4.98 Å². The van der Waals surface area contributed by atoms with Crippen LogP contribution in [0.2, 0.25) is 0 Å². The van der Waals surface area contributed by atoms with E-state index in [4.69, 9.17) is 0 Å². The molecule has 1 aliphatic rings. The monoisotopic (exact) mass is 305 g/mol. The van der Waals surface area contributed by atoms with Crippen LogP contribution in [0, 0.1) is 0 Å². The fourth-order valence-corrected chi connectivity index (χ4v) is 3.54. The molecule has 1 fully saturated rings. The molecule has 0 bridgehead atoms. The van der Waals surface area contributed by atoms with Crippen molar-refractivity contribution in [1.29, 1.82) is 0 Å². The van der Waals surface area contributed by atoms with Gasteiger partial charge in [-0.05, 0) is 29.0 Å². The molecule has 0 aromatic carbocycles. The number of likely N-dealkylation sites (N-methyl/N-ethyl adjacent to an activating group) is 1. The van der Waals surface area contributed by atoms with Crippen molar-refractivity contribution in [2.45, 2.75) is 10.9 Å². The van der Waals surface area contributed by atoms with Crippen LogP contribution in [0.1, 0.15) is 0 Å². The molecule has 0 aliphatic carbocycles. The zero-order chi connectivity index (χ0) is 11.8. The van der Waals surface area contributed by atoms with Crippen molar-refractivity contribution in [2.75, 3.05) is 20.1 Å². The molecule has 1 saturated heterocycles. The van der Waals surface area contributed by atoms with Gasteiger partial charge in [0.2, 0.25) is 10.0 Å². The number of halogens is 1. The molecule has 0 saturated carbocycles. The molecular weight excluding hydrogens is 294 g/mol. The van der Waals surface area contributed by atoms with Crippen LogP contribution in [0.4, 0.5) is 0 Å². The summed E-state index contributed by atoms with van der Waals surface area (Å²) in [5, 5.41) is 3.04. The first kappa shape index (κ1) is 12.0. The Hall–Kier alpha value is -0.500. The number of nitrogens with one attached hydrogen (secondary N) is 1. The third-order valence-corrected chi connectivity index (χ3v) is 4.80. The van der Waals surface area contributed by atoms with E-state index in [0.29, 0.717) is 17.6 Å². The van der Waals surface area contributed by atoms with Crippen LogP contribution in [0.15, 0.2) is 27.8 Å². The van der Waals surface area contributed by atoms with Gasteiger partial charge in [0.15, 0.2) is 0 Å². The molecule has 1 aromatic heterocycles. The average Bonchev–Trinajstić information content (AvgIpc) is 2.15. The van der Waals surface area contributed by atoms with Crippen molar-refractivity contribution in [3.05, 3.63) is 22.9 Å². The van der Waals surface area contributed by atoms with Gasteiger partial charge in [-0.1, -0.05) is 0 Å². The van der Waals surface area contributed by atoms with Gasteiger partial charge in [0.05, 0.1) is 0 Å². The van der Waals surface area contributed by atoms with Crippen molar-refractivity contribution >= 4 is 26.0 Å². The standard InChI is InChI=1S/C9H12BrN3O2S/c1-11-8-5-13(6-8)16(14,15)9-2-7(10)3-12-4-9/h2-4,8,11H,5-6H2,1H3. The summed E-state index contributed by atoms with van der Waals surface area (Å²) in [5.41, 5.74) is 0. The van der Waals surface area contributed by atoms with E-state index in [1.807, 2.05) is 7.05 Å². The number of nitrogens with zero attached hydrogens (tertiary/aromatic N) is 2. The maximum atomic E-state index is 12.1. The molecule has 2 heterocycles. The molecule has 0 radical (unpaired) electrons. The molecule has 1 aromatic rings. The normalized spacial score (nSPS) is 18.4. The van der Waals surface area contributed by atoms with Crippen molar-refractivity contribution in [1.82, 2.24) is 14.6 Å². The highest BCUT2D eigenvalue weighted by Crippen LogP contribution is 2.22. The third-order valence-electron chi connectivity index (χ3n) is 2.57. The highest BCUT2D eigenvalue weighted by Gasteiger charge is 2.35. The van der Waals surface area contributed by atoms with Crippen molar-refractivity contribution < 1.29 is 8.42 Å². The number of hydrogen-bond donors (Lipinski definition) is 1. The summed E-state index contributed by atoms with van der Waals surface area (Å²) in [4.78, 5) is 4.09. The van der Waals surface area contributed by atoms with Crippen LogP contribution in [0.3, 0.4) is 0 Å². The Kier molecular flexibility index (Phi) is 3.29. The molecule has 5 nitrogen and oxygen atoms in total. The second kappa shape index (κ2) is 4.40. The van der Waals surface area contributed by atoms with Crippen molar-refractivity contribution in [3.63, 3.8) is 0 Å². The third kappa shape index (κ3) is 2.13. The summed E-state index contributed by atoms with van der Waals surface area (Å²) < 4.78 is 26.2. The first-order valence-corrected chi connectivity index (χ1v) is 7.05. The van der Waals surface area contributed by atoms with Gasteiger partial charge in [0.1, 0.15) is 4.90 Å². The molecule has 0 atom stereocenters. The maximum Gasteiger partial charge on any atom is 0.244 e. The molecule has 16 heavy (non-hydrogen) atoms. The summed E-state index contributed by atoms with van der Waals surface area (Å²) in [6, 6.07) is 1.82. The molecule has 88 valence electrons. The van der Waals surface area contributed by atoms with E-state index >= 15 is 0 Å². The minimum atomic E-state index is -3.37. The lowest BCUT2D eigenvalue weighted by atomic mass is 10.2. The fourth-order valence-electron chi connectivity index (χ4n) is 1.50. The summed E-state index contributed by atoms with van der Waals surface area (Å²) in [7, 11) is -1.54. The van der Waals surface area contributed by atoms with Crippen molar-refractivity contribution in [2.24, 2.45) is 0 Å². The molecule has 7 heteroatoms. The fraction of sp³-hybridized carbons (Fsp3) is 0.444. The number of rotatable bonds is 3. The van der Waals surface area contributed by atoms with Gasteiger partial charge >= 0.3 is 0 Å². The van der Waals surface area contributed by atoms with Crippen LogP contribution in [-0.2, 0) is 10.0 Å². The van der Waals surface area contributed by atoms with Crippen LogP contribution in [0.5, 0.6) is 0 Å². The Morgan fingerprint density at radius 1 is 1.50 bits per heavy atom. The van der Waals surface area contributed by atoms with Gasteiger partial charge in [0, 0.05) is 36.0 Å². The Morgan fingerprint density at radius 2 is 2.19 bits per heavy atom. The van der Waals surface area contributed by atoms with Gasteiger partial charge in [-0.25, -0.2) is 8.42 Å². The summed E-state index contributed by atoms with van der Waals surface area (Å²) in [6.45, 7) is 1.04. The Balaban J connectivity index is 2.21.